The quantitative estimate of drug-likeness (QED) is 0.650. The Morgan fingerprint density at radius 2 is 1.74 bits per heavy atom. The number of alkyl halides is 3. The maximum absolute atomic E-state index is 12.8. The lowest BCUT2D eigenvalue weighted by Gasteiger charge is -2.19. The maximum atomic E-state index is 12.8. The Balaban J connectivity index is 1.66. The lowest BCUT2D eigenvalue weighted by Crippen LogP contribution is -2.32. The minimum absolute atomic E-state index is 0.0668. The van der Waals surface area contributed by atoms with Crippen LogP contribution in [0, 0.1) is 0 Å². The average Bonchev–Trinajstić information content (AvgIpc) is 2.95. The number of rotatable bonds is 4. The van der Waals surface area contributed by atoms with Crippen LogP contribution in [0.3, 0.4) is 0 Å². The number of aromatic nitrogens is 1. The number of thioether (sulfide) groups is 1. The van der Waals surface area contributed by atoms with Gasteiger partial charge in [-0.15, -0.1) is 11.8 Å². The van der Waals surface area contributed by atoms with Crippen LogP contribution in [-0.4, -0.2) is 28.9 Å². The van der Waals surface area contributed by atoms with E-state index in [1.54, 1.807) is 24.3 Å². The van der Waals surface area contributed by atoms with Gasteiger partial charge in [0.2, 0.25) is 0 Å². The minimum Gasteiger partial charge on any atom is -0.337 e. The molecule has 2 heterocycles. The Hall–Kier alpha value is -2.02. The predicted octanol–water partition coefficient (Wildman–Crippen LogP) is 5.41. The van der Waals surface area contributed by atoms with Gasteiger partial charge in [-0.2, -0.15) is 13.2 Å². The molecule has 0 aliphatic carbocycles. The molecule has 27 heavy (non-hydrogen) atoms. The van der Waals surface area contributed by atoms with Crippen LogP contribution in [0.1, 0.15) is 47.4 Å². The first kappa shape index (κ1) is 19.7. The third-order valence-corrected chi connectivity index (χ3v) is 5.49. The smallest absolute Gasteiger partial charge is 0.337 e. The van der Waals surface area contributed by atoms with E-state index in [9.17, 15) is 18.0 Å². The van der Waals surface area contributed by atoms with Crippen molar-refractivity contribution in [3.05, 3.63) is 59.4 Å². The molecule has 0 atom stereocenters. The Bertz CT molecular complexity index is 787. The van der Waals surface area contributed by atoms with Crippen molar-refractivity contribution in [1.29, 1.82) is 0 Å². The van der Waals surface area contributed by atoms with Gasteiger partial charge in [0, 0.05) is 23.7 Å². The molecule has 1 fully saturated rings. The molecule has 0 spiro atoms. The van der Waals surface area contributed by atoms with E-state index in [0.717, 1.165) is 50.9 Å². The number of carbonyl (C=O) groups is 1. The van der Waals surface area contributed by atoms with E-state index in [2.05, 4.69) is 4.98 Å². The standard InChI is InChI=1S/C20H21F3N2OS/c21-20(22,23)15-7-5-9-17(13-15)27-14-16-8-6-10-18(24-16)19(26)25-11-3-1-2-4-12-25/h5-10,13H,1-4,11-12,14H2. The second-order valence-corrected chi connectivity index (χ2v) is 7.58. The number of hydrogen-bond donors (Lipinski definition) is 0. The van der Waals surface area contributed by atoms with Crippen molar-refractivity contribution in [3.63, 3.8) is 0 Å². The lowest BCUT2D eigenvalue weighted by atomic mass is 10.2. The zero-order valence-corrected chi connectivity index (χ0v) is 15.7. The van der Waals surface area contributed by atoms with E-state index >= 15 is 0 Å². The fraction of sp³-hybridized carbons (Fsp3) is 0.400. The van der Waals surface area contributed by atoms with Gasteiger partial charge in [0.15, 0.2) is 0 Å². The molecular formula is C20H21F3N2OS. The number of hydrogen-bond acceptors (Lipinski definition) is 3. The molecular weight excluding hydrogens is 373 g/mol. The fourth-order valence-corrected chi connectivity index (χ4v) is 3.89. The lowest BCUT2D eigenvalue weighted by molar-refractivity contribution is -0.137. The number of pyridine rings is 1. The summed E-state index contributed by atoms with van der Waals surface area (Å²) in [5.74, 6) is 0.338. The topological polar surface area (TPSA) is 33.2 Å². The molecule has 1 saturated heterocycles. The van der Waals surface area contributed by atoms with Crippen LogP contribution in [0.25, 0.3) is 0 Å². The van der Waals surface area contributed by atoms with Gasteiger partial charge in [-0.05, 0) is 43.2 Å². The molecule has 1 aromatic heterocycles. The third kappa shape index (κ3) is 5.48. The normalized spacial score (nSPS) is 15.4. The highest BCUT2D eigenvalue weighted by molar-refractivity contribution is 7.98. The van der Waals surface area contributed by atoms with Crippen LogP contribution in [0.4, 0.5) is 13.2 Å². The summed E-state index contributed by atoms with van der Waals surface area (Å²) < 4.78 is 38.4. The average molecular weight is 394 g/mol. The Morgan fingerprint density at radius 3 is 2.44 bits per heavy atom. The summed E-state index contributed by atoms with van der Waals surface area (Å²) in [6, 6.07) is 10.5. The van der Waals surface area contributed by atoms with Crippen molar-refractivity contribution in [2.24, 2.45) is 0 Å². The van der Waals surface area contributed by atoms with Crippen LogP contribution in [-0.2, 0) is 11.9 Å². The van der Waals surface area contributed by atoms with Crippen LogP contribution >= 0.6 is 11.8 Å². The monoisotopic (exact) mass is 394 g/mol. The largest absolute Gasteiger partial charge is 0.416 e. The molecule has 1 aromatic carbocycles. The van der Waals surface area contributed by atoms with Gasteiger partial charge < -0.3 is 4.90 Å². The first-order valence-corrected chi connectivity index (χ1v) is 9.97. The summed E-state index contributed by atoms with van der Waals surface area (Å²) in [4.78, 5) is 19.5. The maximum Gasteiger partial charge on any atom is 0.416 e. The van der Waals surface area contributed by atoms with Crippen LogP contribution in [0.15, 0.2) is 47.4 Å². The van der Waals surface area contributed by atoms with E-state index in [-0.39, 0.29) is 5.91 Å². The highest BCUT2D eigenvalue weighted by Crippen LogP contribution is 2.32. The number of nitrogens with zero attached hydrogens (tertiary/aromatic N) is 2. The zero-order chi connectivity index (χ0) is 19.3. The van der Waals surface area contributed by atoms with Gasteiger partial charge in [-0.1, -0.05) is 25.0 Å². The van der Waals surface area contributed by atoms with Crippen molar-refractivity contribution in [2.45, 2.75) is 42.5 Å². The molecule has 0 saturated carbocycles. The summed E-state index contributed by atoms with van der Waals surface area (Å²) in [5, 5.41) is 0. The third-order valence-electron chi connectivity index (χ3n) is 4.47. The van der Waals surface area contributed by atoms with Crippen molar-refractivity contribution in [3.8, 4) is 0 Å². The van der Waals surface area contributed by atoms with Gasteiger partial charge in [0.05, 0.1) is 11.3 Å². The second kappa shape index (κ2) is 8.78. The molecule has 7 heteroatoms. The molecule has 3 nitrogen and oxygen atoms in total. The van der Waals surface area contributed by atoms with Gasteiger partial charge in [-0.3, -0.25) is 4.79 Å². The Labute approximate surface area is 161 Å². The van der Waals surface area contributed by atoms with E-state index < -0.39 is 11.7 Å². The molecule has 0 radical (unpaired) electrons. The first-order valence-electron chi connectivity index (χ1n) is 8.99. The van der Waals surface area contributed by atoms with Gasteiger partial charge >= 0.3 is 6.18 Å². The molecule has 0 N–H and O–H groups in total. The summed E-state index contributed by atoms with van der Waals surface area (Å²) in [6.07, 6.45) is -0.0439. The number of halogens is 3. The summed E-state index contributed by atoms with van der Waals surface area (Å²) in [7, 11) is 0. The fourth-order valence-electron chi connectivity index (χ4n) is 3.03. The van der Waals surface area contributed by atoms with Crippen molar-refractivity contribution in [2.75, 3.05) is 13.1 Å². The molecule has 2 aromatic rings. The molecule has 144 valence electrons. The van der Waals surface area contributed by atoms with Crippen LogP contribution < -0.4 is 0 Å². The zero-order valence-electron chi connectivity index (χ0n) is 14.8. The Kier molecular flexibility index (Phi) is 6.42. The molecule has 0 unspecified atom stereocenters. The number of likely N-dealkylation sites (tertiary alicyclic amines) is 1. The molecule has 1 aliphatic rings. The predicted molar refractivity (Wildman–Crippen MR) is 99.6 cm³/mol. The van der Waals surface area contributed by atoms with E-state index in [1.165, 1.54) is 17.8 Å². The summed E-state index contributed by atoms with van der Waals surface area (Å²) in [5.41, 5.74) is 0.419. The van der Waals surface area contributed by atoms with Crippen LogP contribution in [0.2, 0.25) is 0 Å². The molecule has 0 bridgehead atoms. The van der Waals surface area contributed by atoms with Gasteiger partial charge in [0.1, 0.15) is 5.69 Å². The second-order valence-electron chi connectivity index (χ2n) is 6.53. The first-order chi connectivity index (χ1) is 12.9. The minimum atomic E-state index is -4.35. The van der Waals surface area contributed by atoms with E-state index in [0.29, 0.717) is 22.0 Å². The van der Waals surface area contributed by atoms with E-state index in [1.807, 2.05) is 4.90 Å². The molecule has 1 aliphatic heterocycles. The summed E-state index contributed by atoms with van der Waals surface area (Å²) >= 11 is 1.28. The molecule has 1 amide bonds. The number of amides is 1. The van der Waals surface area contributed by atoms with E-state index in [4.69, 9.17) is 0 Å². The SMILES string of the molecule is O=C(c1cccc(CSc2cccc(C(F)(F)F)c2)n1)N1CCCCCC1. The Morgan fingerprint density at radius 1 is 1.04 bits per heavy atom. The highest BCUT2D eigenvalue weighted by atomic mass is 32.2. The molecule has 3 rings (SSSR count). The van der Waals surface area contributed by atoms with Gasteiger partial charge in [0.25, 0.3) is 5.91 Å². The van der Waals surface area contributed by atoms with Crippen molar-refractivity contribution < 1.29 is 18.0 Å². The van der Waals surface area contributed by atoms with Crippen molar-refractivity contribution >= 4 is 17.7 Å². The number of carbonyl (C=O) groups excluding carboxylic acids is 1. The summed E-state index contributed by atoms with van der Waals surface area (Å²) in [6.45, 7) is 1.51. The highest BCUT2D eigenvalue weighted by Gasteiger charge is 2.30. The van der Waals surface area contributed by atoms with Gasteiger partial charge in [-0.25, -0.2) is 4.98 Å². The number of benzene rings is 1. The van der Waals surface area contributed by atoms with Crippen molar-refractivity contribution in [1.82, 2.24) is 9.88 Å². The van der Waals surface area contributed by atoms with Crippen LogP contribution in [0.5, 0.6) is 0 Å².